The van der Waals surface area contributed by atoms with E-state index in [9.17, 15) is 4.79 Å². The summed E-state index contributed by atoms with van der Waals surface area (Å²) < 4.78 is 3.30. The molecule has 0 atom stereocenters. The van der Waals surface area contributed by atoms with Crippen molar-refractivity contribution in [1.82, 2.24) is 24.4 Å². The van der Waals surface area contributed by atoms with Crippen LogP contribution in [0.5, 0.6) is 0 Å². The Morgan fingerprint density at radius 2 is 1.60 bits per heavy atom. The van der Waals surface area contributed by atoms with Crippen molar-refractivity contribution in [1.29, 1.82) is 0 Å². The van der Waals surface area contributed by atoms with Crippen LogP contribution in [0.25, 0.3) is 39.3 Å². The molecular weight excluding hydrogens is 478 g/mol. The molecule has 0 fully saturated rings. The van der Waals surface area contributed by atoms with Gasteiger partial charge in [-0.15, -0.1) is 11.3 Å². The van der Waals surface area contributed by atoms with Crippen molar-refractivity contribution in [2.45, 2.75) is 6.54 Å². The number of rotatable bonds is 5. The van der Waals surface area contributed by atoms with E-state index in [0.29, 0.717) is 10.7 Å². The highest BCUT2D eigenvalue weighted by atomic mass is 35.5. The van der Waals surface area contributed by atoms with Crippen LogP contribution in [0.3, 0.4) is 0 Å². The molecule has 0 spiro atoms. The highest BCUT2D eigenvalue weighted by Gasteiger charge is 2.18. The maximum Gasteiger partial charge on any atom is 0.267 e. The van der Waals surface area contributed by atoms with Crippen molar-refractivity contribution in [3.8, 4) is 33.8 Å². The van der Waals surface area contributed by atoms with Crippen molar-refractivity contribution < 1.29 is 0 Å². The Balaban J connectivity index is 1.41. The molecule has 6 nitrogen and oxygen atoms in total. The number of aromatic nitrogens is 5. The summed E-state index contributed by atoms with van der Waals surface area (Å²) in [6, 6.07) is 26.8. The summed E-state index contributed by atoms with van der Waals surface area (Å²) in [5.41, 5.74) is 5.92. The van der Waals surface area contributed by atoms with Gasteiger partial charge in [0.15, 0.2) is 0 Å². The van der Waals surface area contributed by atoms with Crippen molar-refractivity contribution in [2.75, 3.05) is 0 Å². The highest BCUT2D eigenvalue weighted by molar-refractivity contribution is 7.09. The summed E-state index contributed by atoms with van der Waals surface area (Å²) >= 11 is 7.50. The molecule has 0 aliphatic rings. The van der Waals surface area contributed by atoms with Crippen LogP contribution in [-0.4, -0.2) is 24.4 Å². The molecule has 0 aliphatic heterocycles. The predicted molar refractivity (Wildman–Crippen MR) is 140 cm³/mol. The van der Waals surface area contributed by atoms with Crippen LogP contribution < -0.4 is 5.56 Å². The Kier molecular flexibility index (Phi) is 5.48. The first-order chi connectivity index (χ1) is 17.2. The zero-order valence-electron chi connectivity index (χ0n) is 18.4. The number of hydrogen-bond acceptors (Lipinski definition) is 5. The standard InChI is InChI=1S/C27H18ClN5OS/c28-20-11-9-18(10-12-20)22-17-35-24(29-22)16-33-25(34)14-13-21(30-33)26-23-8-4-5-15-32(23)31-27(26)19-6-2-1-3-7-19/h1-15,17H,16H2. The van der Waals surface area contributed by atoms with E-state index in [1.807, 2.05) is 88.9 Å². The van der Waals surface area contributed by atoms with Gasteiger partial charge in [-0.2, -0.15) is 10.2 Å². The number of nitrogens with zero attached hydrogens (tertiary/aromatic N) is 5. The van der Waals surface area contributed by atoms with Gasteiger partial charge in [-0.05, 0) is 30.3 Å². The van der Waals surface area contributed by atoms with Gasteiger partial charge >= 0.3 is 0 Å². The van der Waals surface area contributed by atoms with Gasteiger partial charge in [-0.1, -0.05) is 60.1 Å². The van der Waals surface area contributed by atoms with Crippen molar-refractivity contribution in [2.24, 2.45) is 0 Å². The van der Waals surface area contributed by atoms with Gasteiger partial charge in [-0.3, -0.25) is 4.79 Å². The number of fused-ring (bicyclic) bond motifs is 1. The van der Waals surface area contributed by atoms with E-state index in [2.05, 4.69) is 0 Å². The van der Waals surface area contributed by atoms with Crippen LogP contribution >= 0.6 is 22.9 Å². The van der Waals surface area contributed by atoms with Crippen LogP contribution in [0.2, 0.25) is 5.02 Å². The second-order valence-corrected chi connectivity index (χ2v) is 9.35. The maximum absolute atomic E-state index is 12.7. The summed E-state index contributed by atoms with van der Waals surface area (Å²) in [6.45, 7) is 0.283. The molecule has 0 aliphatic carbocycles. The molecule has 0 N–H and O–H groups in total. The molecule has 0 saturated heterocycles. The third kappa shape index (κ3) is 4.16. The van der Waals surface area contributed by atoms with Crippen LogP contribution in [0.4, 0.5) is 0 Å². The number of hydrogen-bond donors (Lipinski definition) is 0. The molecular formula is C27H18ClN5OS. The van der Waals surface area contributed by atoms with E-state index in [-0.39, 0.29) is 12.1 Å². The number of thiazole rings is 1. The molecule has 8 heteroatoms. The van der Waals surface area contributed by atoms with E-state index >= 15 is 0 Å². The number of halogens is 1. The van der Waals surface area contributed by atoms with Gasteiger partial charge in [-0.25, -0.2) is 14.2 Å². The molecule has 0 unspecified atom stereocenters. The van der Waals surface area contributed by atoms with Crippen LogP contribution in [0, 0.1) is 0 Å². The van der Waals surface area contributed by atoms with E-state index in [1.54, 1.807) is 12.1 Å². The van der Waals surface area contributed by atoms with Crippen molar-refractivity contribution >= 4 is 28.5 Å². The molecule has 0 radical (unpaired) electrons. The summed E-state index contributed by atoms with van der Waals surface area (Å²) in [4.78, 5) is 17.4. The van der Waals surface area contributed by atoms with E-state index in [1.165, 1.54) is 16.0 Å². The average molecular weight is 496 g/mol. The summed E-state index contributed by atoms with van der Waals surface area (Å²) in [5, 5.41) is 13.0. The lowest BCUT2D eigenvalue weighted by Crippen LogP contribution is -2.22. The number of benzene rings is 2. The Morgan fingerprint density at radius 1 is 0.800 bits per heavy atom. The molecule has 0 bridgehead atoms. The van der Waals surface area contributed by atoms with Crippen molar-refractivity contribution in [3.05, 3.63) is 117 Å². The normalized spacial score (nSPS) is 11.2. The molecule has 0 saturated carbocycles. The Hall–Kier alpha value is -4.07. The van der Waals surface area contributed by atoms with E-state index < -0.39 is 0 Å². The molecule has 6 aromatic rings. The SMILES string of the molecule is O=c1ccc(-c2c(-c3ccccc3)nn3ccccc23)nn1Cc1nc(-c2ccc(Cl)cc2)cs1. The van der Waals surface area contributed by atoms with Gasteiger partial charge < -0.3 is 0 Å². The van der Waals surface area contributed by atoms with Crippen LogP contribution in [0.1, 0.15) is 5.01 Å². The predicted octanol–water partition coefficient (Wildman–Crippen LogP) is 6.05. The molecule has 170 valence electrons. The molecule has 35 heavy (non-hydrogen) atoms. The molecule has 0 amide bonds. The lowest BCUT2D eigenvalue weighted by Gasteiger charge is -2.07. The summed E-state index contributed by atoms with van der Waals surface area (Å²) in [7, 11) is 0. The lowest BCUT2D eigenvalue weighted by molar-refractivity contribution is 0.640. The maximum atomic E-state index is 12.7. The topological polar surface area (TPSA) is 65.1 Å². The molecule has 2 aromatic carbocycles. The zero-order chi connectivity index (χ0) is 23.8. The minimum Gasteiger partial charge on any atom is -0.268 e. The van der Waals surface area contributed by atoms with Crippen LogP contribution in [-0.2, 0) is 6.54 Å². The monoisotopic (exact) mass is 495 g/mol. The van der Waals surface area contributed by atoms with Crippen molar-refractivity contribution in [3.63, 3.8) is 0 Å². The first-order valence-corrected chi connectivity index (χ1v) is 12.2. The van der Waals surface area contributed by atoms with E-state index in [0.717, 1.165) is 38.6 Å². The fraction of sp³-hybridized carbons (Fsp3) is 0.0370. The second-order valence-electron chi connectivity index (χ2n) is 7.97. The van der Waals surface area contributed by atoms with E-state index in [4.69, 9.17) is 26.8 Å². The Morgan fingerprint density at radius 3 is 2.43 bits per heavy atom. The van der Waals surface area contributed by atoms with Gasteiger partial charge in [0.2, 0.25) is 0 Å². The van der Waals surface area contributed by atoms with Crippen LogP contribution in [0.15, 0.2) is 101 Å². The van der Waals surface area contributed by atoms with Gasteiger partial charge in [0.1, 0.15) is 10.7 Å². The highest BCUT2D eigenvalue weighted by Crippen LogP contribution is 2.33. The summed E-state index contributed by atoms with van der Waals surface area (Å²) in [5.74, 6) is 0. The smallest absolute Gasteiger partial charge is 0.267 e. The molecule has 4 heterocycles. The third-order valence-electron chi connectivity index (χ3n) is 5.69. The molecule has 6 rings (SSSR count). The third-order valence-corrected chi connectivity index (χ3v) is 6.77. The fourth-order valence-corrected chi connectivity index (χ4v) is 4.92. The first kappa shape index (κ1) is 21.5. The quantitative estimate of drug-likeness (QED) is 0.292. The Bertz CT molecular complexity index is 1700. The minimum absolute atomic E-state index is 0.185. The lowest BCUT2D eigenvalue weighted by atomic mass is 10.0. The first-order valence-electron chi connectivity index (χ1n) is 11.0. The number of pyridine rings is 1. The average Bonchev–Trinajstić information content (AvgIpc) is 3.51. The Labute approximate surface area is 209 Å². The minimum atomic E-state index is -0.185. The van der Waals surface area contributed by atoms with Gasteiger partial charge in [0.05, 0.1) is 29.0 Å². The van der Waals surface area contributed by atoms with Gasteiger partial charge in [0, 0.05) is 33.8 Å². The summed E-state index contributed by atoms with van der Waals surface area (Å²) in [6.07, 6.45) is 1.91. The van der Waals surface area contributed by atoms with Gasteiger partial charge in [0.25, 0.3) is 5.56 Å². The molecule has 4 aromatic heterocycles. The largest absolute Gasteiger partial charge is 0.268 e. The fourth-order valence-electron chi connectivity index (χ4n) is 4.01. The second kappa shape index (κ2) is 8.94. The zero-order valence-corrected chi connectivity index (χ0v) is 19.9.